The van der Waals surface area contributed by atoms with Crippen molar-refractivity contribution in [1.29, 1.82) is 0 Å². The molecule has 0 fully saturated rings. The first-order valence-electron chi connectivity index (χ1n) is 9.35. The van der Waals surface area contributed by atoms with E-state index in [-0.39, 0.29) is 0 Å². The van der Waals surface area contributed by atoms with Gasteiger partial charge in [-0.3, -0.25) is 0 Å². The lowest BCUT2D eigenvalue weighted by atomic mass is 9.96. The van der Waals surface area contributed by atoms with Crippen LogP contribution in [0.5, 0.6) is 0 Å². The summed E-state index contributed by atoms with van der Waals surface area (Å²) in [6, 6.07) is 10.6. The second-order valence-corrected chi connectivity index (χ2v) is 6.51. The van der Waals surface area contributed by atoms with E-state index in [0.717, 1.165) is 13.1 Å². The third kappa shape index (κ3) is 6.26. The smallest absolute Gasteiger partial charge is 0.0389 e. The molecule has 1 unspecified atom stereocenters. The normalized spacial score (nSPS) is 15.9. The molecule has 0 N–H and O–H groups in total. The van der Waals surface area contributed by atoms with Crippen molar-refractivity contribution in [2.45, 2.75) is 39.0 Å². The van der Waals surface area contributed by atoms with Crippen molar-refractivity contribution in [3.63, 3.8) is 0 Å². The highest BCUT2D eigenvalue weighted by atomic mass is 15.1. The van der Waals surface area contributed by atoms with Gasteiger partial charge in [0.1, 0.15) is 0 Å². The van der Waals surface area contributed by atoms with Gasteiger partial charge < -0.3 is 4.90 Å². The van der Waals surface area contributed by atoms with Gasteiger partial charge in [0.2, 0.25) is 0 Å². The molecule has 0 saturated heterocycles. The van der Waals surface area contributed by atoms with Gasteiger partial charge >= 0.3 is 0 Å². The van der Waals surface area contributed by atoms with Crippen molar-refractivity contribution in [2.75, 3.05) is 13.1 Å². The average Bonchev–Trinajstić information content (AvgIpc) is 2.67. The summed E-state index contributed by atoms with van der Waals surface area (Å²) in [6.07, 6.45) is 19.0. The molecular formula is C24H31N. The van der Waals surface area contributed by atoms with E-state index in [1.807, 2.05) is 6.20 Å². The van der Waals surface area contributed by atoms with Crippen LogP contribution in [0.15, 0.2) is 90.7 Å². The van der Waals surface area contributed by atoms with Gasteiger partial charge in [-0.1, -0.05) is 91.4 Å². The highest BCUT2D eigenvalue weighted by Crippen LogP contribution is 2.22. The van der Waals surface area contributed by atoms with Crippen LogP contribution < -0.4 is 0 Å². The summed E-state index contributed by atoms with van der Waals surface area (Å²) in [7, 11) is 0. The summed E-state index contributed by atoms with van der Waals surface area (Å²) in [5.74, 6) is 0.335. The monoisotopic (exact) mass is 333 g/mol. The first-order valence-corrected chi connectivity index (χ1v) is 9.35. The van der Waals surface area contributed by atoms with Gasteiger partial charge in [-0.2, -0.15) is 0 Å². The van der Waals surface area contributed by atoms with Crippen LogP contribution in [-0.2, 0) is 0 Å². The lowest BCUT2D eigenvalue weighted by Gasteiger charge is -2.22. The van der Waals surface area contributed by atoms with Crippen LogP contribution in [0.1, 0.15) is 44.6 Å². The molecule has 0 amide bonds. The van der Waals surface area contributed by atoms with Crippen LogP contribution in [0.4, 0.5) is 0 Å². The number of nitrogens with zero attached hydrogens (tertiary/aromatic N) is 1. The van der Waals surface area contributed by atoms with Crippen molar-refractivity contribution in [1.82, 2.24) is 4.90 Å². The second-order valence-electron chi connectivity index (χ2n) is 6.51. The third-order valence-corrected chi connectivity index (χ3v) is 4.71. The predicted octanol–water partition coefficient (Wildman–Crippen LogP) is 6.40. The summed E-state index contributed by atoms with van der Waals surface area (Å²) in [5, 5.41) is 0. The molecule has 0 bridgehead atoms. The molecule has 2 rings (SSSR count). The van der Waals surface area contributed by atoms with E-state index < -0.39 is 0 Å². The number of hydrogen-bond acceptors (Lipinski definition) is 1. The summed E-state index contributed by atoms with van der Waals surface area (Å²) in [6.45, 7) is 10.2. The standard InChI is InChI=1S/C24H31N/c1-4-11-23(24-12-8-7-9-13-24)14-10-19-25(6-3)20-22-17-15-21(5-2)16-18-22/h4,6-15,17,23H,3,5,16,18-20H2,1-2H3/b11-4+,14-10-. The fourth-order valence-corrected chi connectivity index (χ4v) is 3.13. The van der Waals surface area contributed by atoms with Crippen molar-refractivity contribution >= 4 is 0 Å². The van der Waals surface area contributed by atoms with Crippen LogP contribution in [0, 0.1) is 0 Å². The Bertz CT molecular complexity index is 646. The summed E-state index contributed by atoms with van der Waals surface area (Å²) in [4.78, 5) is 2.28. The van der Waals surface area contributed by atoms with Crippen molar-refractivity contribution in [2.24, 2.45) is 0 Å². The molecule has 25 heavy (non-hydrogen) atoms. The molecule has 0 heterocycles. The SMILES string of the molecule is C=CN(C/C=C\C(/C=C/C)c1ccccc1)CC1=CC=C(CC)CC1. The van der Waals surface area contributed by atoms with Gasteiger partial charge in [-0.25, -0.2) is 0 Å². The summed E-state index contributed by atoms with van der Waals surface area (Å²) >= 11 is 0. The van der Waals surface area contributed by atoms with Crippen LogP contribution in [0.2, 0.25) is 0 Å². The van der Waals surface area contributed by atoms with Crippen LogP contribution >= 0.6 is 0 Å². The Kier molecular flexibility index (Phi) is 8.04. The predicted molar refractivity (Wildman–Crippen MR) is 111 cm³/mol. The minimum Gasteiger partial charge on any atom is -0.370 e. The highest BCUT2D eigenvalue weighted by molar-refractivity contribution is 5.29. The maximum absolute atomic E-state index is 3.99. The fraction of sp³-hybridized carbons (Fsp3) is 0.333. The van der Waals surface area contributed by atoms with E-state index in [9.17, 15) is 0 Å². The van der Waals surface area contributed by atoms with E-state index in [4.69, 9.17) is 0 Å². The third-order valence-electron chi connectivity index (χ3n) is 4.71. The van der Waals surface area contributed by atoms with Gasteiger partial charge in [-0.15, -0.1) is 0 Å². The molecular weight excluding hydrogens is 302 g/mol. The molecule has 1 aromatic carbocycles. The maximum Gasteiger partial charge on any atom is 0.0389 e. The Hall–Kier alpha value is -2.28. The minimum absolute atomic E-state index is 0.335. The van der Waals surface area contributed by atoms with E-state index in [1.54, 1.807) is 5.57 Å². The van der Waals surface area contributed by atoms with Gasteiger partial charge in [-0.05, 0) is 37.9 Å². The van der Waals surface area contributed by atoms with Crippen LogP contribution in [-0.4, -0.2) is 18.0 Å². The summed E-state index contributed by atoms with van der Waals surface area (Å²) < 4.78 is 0. The second kappa shape index (κ2) is 10.6. The Labute approximate surface area is 153 Å². The van der Waals surface area contributed by atoms with Gasteiger partial charge in [0.15, 0.2) is 0 Å². The van der Waals surface area contributed by atoms with Gasteiger partial charge in [0.25, 0.3) is 0 Å². The zero-order chi connectivity index (χ0) is 17.9. The van der Waals surface area contributed by atoms with Crippen LogP contribution in [0.3, 0.4) is 0 Å². The van der Waals surface area contributed by atoms with Crippen molar-refractivity contribution in [3.05, 3.63) is 96.3 Å². The van der Waals surface area contributed by atoms with Gasteiger partial charge in [0.05, 0.1) is 0 Å². The van der Waals surface area contributed by atoms with Crippen LogP contribution in [0.25, 0.3) is 0 Å². The highest BCUT2D eigenvalue weighted by Gasteiger charge is 2.08. The Morgan fingerprint density at radius 1 is 1.08 bits per heavy atom. The average molecular weight is 334 g/mol. The Morgan fingerprint density at radius 3 is 2.40 bits per heavy atom. The molecule has 0 aliphatic heterocycles. The molecule has 1 aromatic rings. The quantitative estimate of drug-likeness (QED) is 0.472. The molecule has 0 radical (unpaired) electrons. The molecule has 1 aliphatic carbocycles. The Balaban J connectivity index is 1.94. The van der Waals surface area contributed by atoms with Gasteiger partial charge in [0, 0.05) is 19.0 Å². The molecule has 1 atom stereocenters. The van der Waals surface area contributed by atoms with E-state index in [0.29, 0.717) is 5.92 Å². The molecule has 1 nitrogen and oxygen atoms in total. The number of allylic oxidation sites excluding steroid dienone is 6. The topological polar surface area (TPSA) is 3.24 Å². The molecule has 0 aromatic heterocycles. The molecule has 0 spiro atoms. The van der Waals surface area contributed by atoms with E-state index in [2.05, 4.69) is 92.1 Å². The molecule has 132 valence electrons. The molecule has 1 aliphatic rings. The first-order chi connectivity index (χ1) is 12.3. The molecule has 0 saturated carbocycles. The lowest BCUT2D eigenvalue weighted by Crippen LogP contribution is -2.20. The zero-order valence-corrected chi connectivity index (χ0v) is 15.7. The number of benzene rings is 1. The zero-order valence-electron chi connectivity index (χ0n) is 15.7. The van der Waals surface area contributed by atoms with Crippen molar-refractivity contribution in [3.8, 4) is 0 Å². The number of rotatable bonds is 9. The lowest BCUT2D eigenvalue weighted by molar-refractivity contribution is 0.444. The Morgan fingerprint density at radius 2 is 1.80 bits per heavy atom. The van der Waals surface area contributed by atoms with E-state index >= 15 is 0 Å². The van der Waals surface area contributed by atoms with E-state index in [1.165, 1.54) is 30.4 Å². The fourth-order valence-electron chi connectivity index (χ4n) is 3.13. The maximum atomic E-state index is 3.99. The minimum atomic E-state index is 0.335. The summed E-state index contributed by atoms with van der Waals surface area (Å²) in [5.41, 5.74) is 4.39. The first kappa shape index (κ1) is 19.1. The largest absolute Gasteiger partial charge is 0.370 e. The number of hydrogen-bond donors (Lipinski definition) is 0. The molecule has 1 heteroatoms. The van der Waals surface area contributed by atoms with Crippen molar-refractivity contribution < 1.29 is 0 Å².